The third-order valence-electron chi connectivity index (χ3n) is 8.69. The summed E-state index contributed by atoms with van der Waals surface area (Å²) in [5, 5.41) is 10.4. The van der Waals surface area contributed by atoms with Gasteiger partial charge in [-0.1, -0.05) is 41.0 Å². The van der Waals surface area contributed by atoms with Crippen LogP contribution < -0.4 is 0 Å². The molecule has 150 valence electrons. The molecule has 2 saturated carbocycles. The molecule has 0 aromatic heterocycles. The standard InChI is InChI=1S/C23H34O4/c1-14-9-11-23(5)18(8-7-10-21(23,2)3)22(14,4)13-15-19(25)16(24)12-17(27-6)20(15)26/h12,14,18,25H,7-11,13H2,1-6H3/t14-,18-,22+,23-/m1/s1. The number of methoxy groups -OCH3 is 1. The number of Topliss-reactive ketones (excluding diaryl/α,β-unsaturated/α-hetero) is 1. The molecule has 4 heteroatoms. The maximum Gasteiger partial charge on any atom is 0.227 e. The minimum atomic E-state index is -0.528. The van der Waals surface area contributed by atoms with E-state index in [4.69, 9.17) is 4.74 Å². The zero-order valence-corrected chi connectivity index (χ0v) is 17.6. The molecule has 0 amide bonds. The van der Waals surface area contributed by atoms with Gasteiger partial charge in [0, 0.05) is 11.6 Å². The minimum Gasteiger partial charge on any atom is -0.504 e. The van der Waals surface area contributed by atoms with Crippen LogP contribution in [0.3, 0.4) is 0 Å². The summed E-state index contributed by atoms with van der Waals surface area (Å²) in [5.41, 5.74) is 0.545. The molecule has 0 aliphatic heterocycles. The number of carbonyl (C=O) groups is 2. The van der Waals surface area contributed by atoms with Crippen molar-refractivity contribution in [1.29, 1.82) is 0 Å². The molecule has 3 aliphatic rings. The maximum atomic E-state index is 12.8. The van der Waals surface area contributed by atoms with Crippen molar-refractivity contribution in [3.63, 3.8) is 0 Å². The monoisotopic (exact) mass is 374 g/mol. The average molecular weight is 375 g/mol. The molecule has 0 radical (unpaired) electrons. The van der Waals surface area contributed by atoms with E-state index >= 15 is 0 Å². The van der Waals surface area contributed by atoms with Crippen LogP contribution in [0.2, 0.25) is 0 Å². The quantitative estimate of drug-likeness (QED) is 0.695. The molecular formula is C23H34O4. The summed E-state index contributed by atoms with van der Waals surface area (Å²) in [6.45, 7) is 11.7. The first-order valence-electron chi connectivity index (χ1n) is 10.2. The van der Waals surface area contributed by atoms with E-state index in [1.165, 1.54) is 26.4 Å². The second kappa shape index (κ2) is 6.49. The number of aliphatic hydroxyl groups excluding tert-OH is 1. The summed E-state index contributed by atoms with van der Waals surface area (Å²) in [6.07, 6.45) is 7.40. The lowest BCUT2D eigenvalue weighted by molar-refractivity contribution is -0.143. The van der Waals surface area contributed by atoms with Gasteiger partial charge in [-0.3, -0.25) is 9.59 Å². The van der Waals surface area contributed by atoms with Crippen LogP contribution in [0.15, 0.2) is 23.2 Å². The fraction of sp³-hybridized carbons (Fsp3) is 0.739. The van der Waals surface area contributed by atoms with Gasteiger partial charge in [0.25, 0.3) is 0 Å². The Hall–Kier alpha value is -1.58. The van der Waals surface area contributed by atoms with E-state index in [-0.39, 0.29) is 33.4 Å². The number of ketones is 2. The van der Waals surface area contributed by atoms with Crippen molar-refractivity contribution in [2.24, 2.45) is 28.1 Å². The number of carbonyl (C=O) groups excluding carboxylic acids is 2. The Labute approximate surface area is 163 Å². The van der Waals surface area contributed by atoms with Crippen molar-refractivity contribution in [2.45, 2.75) is 73.1 Å². The Morgan fingerprint density at radius 3 is 2.44 bits per heavy atom. The van der Waals surface area contributed by atoms with Crippen molar-refractivity contribution in [2.75, 3.05) is 7.11 Å². The van der Waals surface area contributed by atoms with Crippen LogP contribution in [0.4, 0.5) is 0 Å². The number of hydrogen-bond donors (Lipinski definition) is 1. The molecule has 3 aliphatic carbocycles. The summed E-state index contributed by atoms with van der Waals surface area (Å²) >= 11 is 0. The van der Waals surface area contributed by atoms with Crippen LogP contribution in [-0.2, 0) is 14.3 Å². The number of aliphatic hydroxyl groups is 1. The first kappa shape index (κ1) is 20.2. The minimum absolute atomic E-state index is 0.0339. The van der Waals surface area contributed by atoms with E-state index in [0.717, 1.165) is 18.9 Å². The summed E-state index contributed by atoms with van der Waals surface area (Å²) in [6, 6.07) is 0. The Morgan fingerprint density at radius 2 is 1.81 bits per heavy atom. The molecule has 0 heterocycles. The van der Waals surface area contributed by atoms with Crippen molar-refractivity contribution >= 4 is 11.6 Å². The zero-order chi connectivity index (χ0) is 20.2. The van der Waals surface area contributed by atoms with Crippen LogP contribution >= 0.6 is 0 Å². The second-order valence-corrected chi connectivity index (χ2v) is 10.1. The van der Waals surface area contributed by atoms with Gasteiger partial charge in [0.2, 0.25) is 11.6 Å². The molecular weight excluding hydrogens is 340 g/mol. The van der Waals surface area contributed by atoms with E-state index in [1.54, 1.807) is 0 Å². The Morgan fingerprint density at radius 1 is 1.15 bits per heavy atom. The molecule has 1 N–H and O–H groups in total. The van der Waals surface area contributed by atoms with E-state index in [2.05, 4.69) is 34.6 Å². The highest BCUT2D eigenvalue weighted by atomic mass is 16.5. The van der Waals surface area contributed by atoms with Crippen molar-refractivity contribution in [3.05, 3.63) is 23.2 Å². The Kier molecular flexibility index (Phi) is 4.85. The zero-order valence-electron chi connectivity index (χ0n) is 17.6. The van der Waals surface area contributed by atoms with Crippen LogP contribution in [0.5, 0.6) is 0 Å². The van der Waals surface area contributed by atoms with E-state index in [9.17, 15) is 14.7 Å². The Balaban J connectivity index is 2.02. The lowest BCUT2D eigenvalue weighted by atomic mass is 9.41. The summed E-state index contributed by atoms with van der Waals surface area (Å²) in [4.78, 5) is 25.0. The molecule has 0 bridgehead atoms. The highest BCUT2D eigenvalue weighted by Crippen LogP contribution is 2.67. The number of rotatable bonds is 3. The van der Waals surface area contributed by atoms with Crippen LogP contribution in [0.1, 0.15) is 73.1 Å². The summed E-state index contributed by atoms with van der Waals surface area (Å²) in [7, 11) is 1.39. The van der Waals surface area contributed by atoms with Gasteiger partial charge in [-0.2, -0.15) is 0 Å². The Bertz CT molecular complexity index is 729. The van der Waals surface area contributed by atoms with Crippen molar-refractivity contribution < 1.29 is 19.4 Å². The predicted molar refractivity (Wildman–Crippen MR) is 105 cm³/mol. The predicted octanol–water partition coefficient (Wildman–Crippen LogP) is 5.14. The molecule has 27 heavy (non-hydrogen) atoms. The molecule has 0 saturated heterocycles. The molecule has 0 unspecified atom stereocenters. The first-order valence-corrected chi connectivity index (χ1v) is 10.2. The lowest BCUT2D eigenvalue weighted by Crippen LogP contribution is -2.56. The average Bonchev–Trinajstić information content (AvgIpc) is 2.60. The highest BCUT2D eigenvalue weighted by molar-refractivity contribution is 6.20. The van der Waals surface area contributed by atoms with E-state index in [1.807, 2.05) is 0 Å². The van der Waals surface area contributed by atoms with Gasteiger partial charge >= 0.3 is 0 Å². The van der Waals surface area contributed by atoms with Gasteiger partial charge in [-0.25, -0.2) is 0 Å². The van der Waals surface area contributed by atoms with Gasteiger partial charge in [-0.05, 0) is 60.2 Å². The van der Waals surface area contributed by atoms with Crippen molar-refractivity contribution in [1.82, 2.24) is 0 Å². The van der Waals surface area contributed by atoms with Gasteiger partial charge in [-0.15, -0.1) is 0 Å². The first-order chi connectivity index (χ1) is 12.5. The molecule has 0 aromatic carbocycles. The number of ether oxygens (including phenoxy) is 1. The molecule has 0 aromatic rings. The molecule has 4 nitrogen and oxygen atoms in total. The smallest absolute Gasteiger partial charge is 0.227 e. The number of allylic oxidation sites excluding steroid dienone is 2. The SMILES string of the molecule is COC1=CC(=O)C(O)=C(C[C@@]2(C)[C@H](C)CC[C@]3(C)[C@@H]2CCCC3(C)C)C1=O. The molecule has 4 atom stereocenters. The van der Waals surface area contributed by atoms with Crippen LogP contribution in [0, 0.1) is 28.1 Å². The molecule has 0 spiro atoms. The molecule has 3 rings (SSSR count). The number of hydrogen-bond acceptors (Lipinski definition) is 4. The van der Waals surface area contributed by atoms with Gasteiger partial charge in [0.1, 0.15) is 0 Å². The summed E-state index contributed by atoms with van der Waals surface area (Å²) < 4.78 is 5.11. The lowest BCUT2D eigenvalue weighted by Gasteiger charge is -2.64. The van der Waals surface area contributed by atoms with E-state index < -0.39 is 11.5 Å². The molecule has 2 fully saturated rings. The normalized spacial score (nSPS) is 39.1. The van der Waals surface area contributed by atoms with Crippen LogP contribution in [-0.4, -0.2) is 23.8 Å². The third-order valence-corrected chi connectivity index (χ3v) is 8.69. The highest BCUT2D eigenvalue weighted by Gasteiger charge is 2.59. The van der Waals surface area contributed by atoms with Gasteiger partial charge in [0.05, 0.1) is 7.11 Å². The van der Waals surface area contributed by atoms with Crippen LogP contribution in [0.25, 0.3) is 0 Å². The largest absolute Gasteiger partial charge is 0.504 e. The third kappa shape index (κ3) is 2.87. The summed E-state index contributed by atoms with van der Waals surface area (Å²) in [5.74, 6) is -0.351. The van der Waals surface area contributed by atoms with Crippen molar-refractivity contribution in [3.8, 4) is 0 Å². The van der Waals surface area contributed by atoms with Gasteiger partial charge in [0.15, 0.2) is 11.5 Å². The number of fused-ring (bicyclic) bond motifs is 1. The maximum absolute atomic E-state index is 12.8. The van der Waals surface area contributed by atoms with E-state index in [0.29, 0.717) is 18.3 Å². The second-order valence-electron chi connectivity index (χ2n) is 10.1. The fourth-order valence-corrected chi connectivity index (χ4v) is 6.24. The van der Waals surface area contributed by atoms with Gasteiger partial charge < -0.3 is 9.84 Å². The topological polar surface area (TPSA) is 63.6 Å². The fourth-order valence-electron chi connectivity index (χ4n) is 6.24.